The lowest BCUT2D eigenvalue weighted by Crippen LogP contribution is -2.11. The molecule has 0 saturated carbocycles. The Balaban J connectivity index is 2.64. The van der Waals surface area contributed by atoms with Gasteiger partial charge in [0.15, 0.2) is 5.78 Å². The van der Waals surface area contributed by atoms with Crippen LogP contribution in [-0.2, 0) is 11.3 Å². The van der Waals surface area contributed by atoms with Crippen LogP contribution in [-0.4, -0.2) is 20.7 Å². The van der Waals surface area contributed by atoms with Gasteiger partial charge in [-0.25, -0.2) is 4.98 Å². The van der Waals surface area contributed by atoms with Gasteiger partial charge < -0.3 is 4.57 Å². The van der Waals surface area contributed by atoms with Crippen LogP contribution >= 0.6 is 15.9 Å². The van der Waals surface area contributed by atoms with Crippen LogP contribution in [0.1, 0.15) is 5.82 Å². The minimum absolute atomic E-state index is 0.158. The number of aromatic nitrogens is 2. The standard InChI is InChI=1S/C7H9BrN2O/c1-6-9-2-3-10(6)5-7(11)4-8/h2-3H,4-5H2,1H3. The number of carbonyl (C=O) groups excluding carboxylic acids is 1. The first-order chi connectivity index (χ1) is 5.24. The molecular weight excluding hydrogens is 208 g/mol. The number of hydrogen-bond acceptors (Lipinski definition) is 2. The smallest absolute Gasteiger partial charge is 0.163 e. The Kier molecular flexibility index (Phi) is 2.82. The topological polar surface area (TPSA) is 34.9 Å². The molecule has 0 amide bonds. The van der Waals surface area contributed by atoms with Crippen molar-refractivity contribution < 1.29 is 4.79 Å². The predicted octanol–water partition coefficient (Wildman–Crippen LogP) is 1.16. The molecule has 60 valence electrons. The zero-order valence-electron chi connectivity index (χ0n) is 6.25. The number of halogens is 1. The first-order valence-electron chi connectivity index (χ1n) is 3.29. The normalized spacial score (nSPS) is 10.0. The molecule has 1 aromatic rings. The molecule has 0 radical (unpaired) electrons. The minimum atomic E-state index is 0.158. The lowest BCUT2D eigenvalue weighted by molar-refractivity contribution is -0.117. The molecule has 0 aliphatic rings. The Morgan fingerprint density at radius 1 is 1.82 bits per heavy atom. The number of alkyl halides is 1. The SMILES string of the molecule is Cc1nccn1CC(=O)CBr. The Morgan fingerprint density at radius 3 is 3.00 bits per heavy atom. The molecule has 0 aliphatic heterocycles. The van der Waals surface area contributed by atoms with Crippen molar-refractivity contribution in [2.75, 3.05) is 5.33 Å². The molecule has 0 aliphatic carbocycles. The van der Waals surface area contributed by atoms with Crippen molar-refractivity contribution in [1.82, 2.24) is 9.55 Å². The molecule has 4 heteroatoms. The first-order valence-corrected chi connectivity index (χ1v) is 4.41. The summed E-state index contributed by atoms with van der Waals surface area (Å²) in [5.74, 6) is 1.03. The van der Waals surface area contributed by atoms with Gasteiger partial charge in [-0.1, -0.05) is 15.9 Å². The fourth-order valence-corrected chi connectivity index (χ4v) is 0.980. The first kappa shape index (κ1) is 8.46. The third-order valence-corrected chi connectivity index (χ3v) is 2.04. The quantitative estimate of drug-likeness (QED) is 0.712. The molecule has 0 atom stereocenters. The average molecular weight is 217 g/mol. The molecule has 0 spiro atoms. The summed E-state index contributed by atoms with van der Waals surface area (Å²) < 4.78 is 1.82. The largest absolute Gasteiger partial charge is 0.328 e. The van der Waals surface area contributed by atoms with E-state index in [1.807, 2.05) is 11.5 Å². The highest BCUT2D eigenvalue weighted by molar-refractivity contribution is 9.09. The molecular formula is C7H9BrN2O. The van der Waals surface area contributed by atoms with Gasteiger partial charge in [-0.3, -0.25) is 4.79 Å². The van der Waals surface area contributed by atoms with E-state index in [1.54, 1.807) is 12.4 Å². The van der Waals surface area contributed by atoms with Crippen molar-refractivity contribution in [3.63, 3.8) is 0 Å². The van der Waals surface area contributed by atoms with Gasteiger partial charge in [-0.2, -0.15) is 0 Å². The maximum absolute atomic E-state index is 10.9. The highest BCUT2D eigenvalue weighted by Crippen LogP contribution is 1.96. The zero-order chi connectivity index (χ0) is 8.27. The maximum atomic E-state index is 10.9. The Labute approximate surface area is 73.6 Å². The van der Waals surface area contributed by atoms with Crippen LogP contribution in [0.5, 0.6) is 0 Å². The molecule has 1 rings (SSSR count). The number of nitrogens with zero attached hydrogens (tertiary/aromatic N) is 2. The maximum Gasteiger partial charge on any atom is 0.163 e. The van der Waals surface area contributed by atoms with E-state index in [0.717, 1.165) is 5.82 Å². The monoisotopic (exact) mass is 216 g/mol. The van der Waals surface area contributed by atoms with E-state index < -0.39 is 0 Å². The number of carbonyl (C=O) groups is 1. The molecule has 0 saturated heterocycles. The summed E-state index contributed by atoms with van der Waals surface area (Å²) in [4.78, 5) is 14.9. The van der Waals surface area contributed by atoms with Gasteiger partial charge >= 0.3 is 0 Å². The van der Waals surface area contributed by atoms with Crippen LogP contribution in [0.2, 0.25) is 0 Å². The molecule has 1 heterocycles. The van der Waals surface area contributed by atoms with Crippen molar-refractivity contribution in [3.8, 4) is 0 Å². The molecule has 1 aromatic heterocycles. The summed E-state index contributed by atoms with van der Waals surface area (Å²) in [5, 5.41) is 0.407. The molecule has 0 aromatic carbocycles. The molecule has 0 fully saturated rings. The molecule has 0 N–H and O–H groups in total. The van der Waals surface area contributed by atoms with E-state index in [9.17, 15) is 4.79 Å². The highest BCUT2D eigenvalue weighted by Gasteiger charge is 2.01. The van der Waals surface area contributed by atoms with Crippen LogP contribution < -0.4 is 0 Å². The second kappa shape index (κ2) is 3.67. The molecule has 0 unspecified atom stereocenters. The summed E-state index contributed by atoms with van der Waals surface area (Å²) in [7, 11) is 0. The van der Waals surface area contributed by atoms with Crippen LogP contribution in [0, 0.1) is 6.92 Å². The number of Topliss-reactive ketones (excluding diaryl/α,β-unsaturated/α-hetero) is 1. The van der Waals surface area contributed by atoms with E-state index in [-0.39, 0.29) is 5.78 Å². The second-order valence-corrected chi connectivity index (χ2v) is 2.84. The van der Waals surface area contributed by atoms with E-state index in [2.05, 4.69) is 20.9 Å². The van der Waals surface area contributed by atoms with Crippen molar-refractivity contribution in [2.45, 2.75) is 13.5 Å². The number of hydrogen-bond donors (Lipinski definition) is 0. The van der Waals surface area contributed by atoms with Crippen LogP contribution in [0.15, 0.2) is 12.4 Å². The number of rotatable bonds is 3. The van der Waals surface area contributed by atoms with Crippen molar-refractivity contribution >= 4 is 21.7 Å². The highest BCUT2D eigenvalue weighted by atomic mass is 79.9. The summed E-state index contributed by atoms with van der Waals surface area (Å²) >= 11 is 3.10. The van der Waals surface area contributed by atoms with Crippen LogP contribution in [0.25, 0.3) is 0 Å². The summed E-state index contributed by atoms with van der Waals surface area (Å²) in [5.41, 5.74) is 0. The lowest BCUT2D eigenvalue weighted by atomic mass is 10.4. The van der Waals surface area contributed by atoms with E-state index in [1.165, 1.54) is 0 Å². The van der Waals surface area contributed by atoms with Crippen LogP contribution in [0.4, 0.5) is 0 Å². The summed E-state index contributed by atoms with van der Waals surface area (Å²) in [6.07, 6.45) is 3.49. The number of aryl methyl sites for hydroxylation is 1. The van der Waals surface area contributed by atoms with Crippen molar-refractivity contribution in [3.05, 3.63) is 18.2 Å². The van der Waals surface area contributed by atoms with E-state index in [4.69, 9.17) is 0 Å². The Morgan fingerprint density at radius 2 is 2.55 bits per heavy atom. The Bertz CT molecular complexity index is 257. The third-order valence-electron chi connectivity index (χ3n) is 1.42. The van der Waals surface area contributed by atoms with Gasteiger partial charge in [0, 0.05) is 12.4 Å². The average Bonchev–Trinajstić information content (AvgIpc) is 2.37. The number of ketones is 1. The molecule has 3 nitrogen and oxygen atoms in total. The van der Waals surface area contributed by atoms with Crippen molar-refractivity contribution in [1.29, 1.82) is 0 Å². The van der Waals surface area contributed by atoms with E-state index >= 15 is 0 Å². The third kappa shape index (κ3) is 2.15. The van der Waals surface area contributed by atoms with E-state index in [0.29, 0.717) is 11.9 Å². The second-order valence-electron chi connectivity index (χ2n) is 2.27. The van der Waals surface area contributed by atoms with Gasteiger partial charge in [-0.15, -0.1) is 0 Å². The van der Waals surface area contributed by atoms with Gasteiger partial charge in [0.05, 0.1) is 11.9 Å². The summed E-state index contributed by atoms with van der Waals surface area (Å²) in [6.45, 7) is 2.29. The minimum Gasteiger partial charge on any atom is -0.328 e. The lowest BCUT2D eigenvalue weighted by Gasteiger charge is -2.00. The fraction of sp³-hybridized carbons (Fsp3) is 0.429. The van der Waals surface area contributed by atoms with Gasteiger partial charge in [0.25, 0.3) is 0 Å². The fourth-order valence-electron chi connectivity index (χ4n) is 0.803. The van der Waals surface area contributed by atoms with Gasteiger partial charge in [0.1, 0.15) is 5.82 Å². The summed E-state index contributed by atoms with van der Waals surface area (Å²) in [6, 6.07) is 0. The van der Waals surface area contributed by atoms with Crippen molar-refractivity contribution in [2.24, 2.45) is 0 Å². The predicted molar refractivity (Wildman–Crippen MR) is 45.8 cm³/mol. The Hall–Kier alpha value is -0.640. The number of imidazole rings is 1. The zero-order valence-corrected chi connectivity index (χ0v) is 7.84. The van der Waals surface area contributed by atoms with Gasteiger partial charge in [-0.05, 0) is 6.92 Å². The van der Waals surface area contributed by atoms with Crippen LogP contribution in [0.3, 0.4) is 0 Å². The van der Waals surface area contributed by atoms with Gasteiger partial charge in [0.2, 0.25) is 0 Å². The molecule has 0 bridgehead atoms. The molecule has 11 heavy (non-hydrogen) atoms.